The summed E-state index contributed by atoms with van der Waals surface area (Å²) in [6.07, 6.45) is 1.46. The molecule has 1 aliphatic heterocycles. The van der Waals surface area contributed by atoms with E-state index in [-0.39, 0.29) is 18.8 Å². The molecule has 2 N–H and O–H groups in total. The molecular weight excluding hydrogens is 256 g/mol. The Bertz CT molecular complexity index is 304. The van der Waals surface area contributed by atoms with Gasteiger partial charge >= 0.3 is 0 Å². The van der Waals surface area contributed by atoms with Crippen LogP contribution in [0.15, 0.2) is 4.99 Å². The smallest absolute Gasteiger partial charge is 0.248 e. The minimum absolute atomic E-state index is 0.00790. The fraction of sp³-hybridized carbons (Fsp3) is 0.917. The highest BCUT2D eigenvalue weighted by Crippen LogP contribution is 2.36. The molecule has 0 bridgehead atoms. The van der Waals surface area contributed by atoms with Gasteiger partial charge in [0.2, 0.25) is 5.92 Å². The molecule has 1 atom stereocenters. The Balaban J connectivity index is 1.81. The van der Waals surface area contributed by atoms with E-state index in [0.29, 0.717) is 18.9 Å². The van der Waals surface area contributed by atoms with Gasteiger partial charge < -0.3 is 10.6 Å². The van der Waals surface area contributed by atoms with Crippen molar-refractivity contribution in [3.8, 4) is 0 Å². The monoisotopic (exact) mass is 277 g/mol. The van der Waals surface area contributed by atoms with Crippen molar-refractivity contribution in [1.29, 1.82) is 0 Å². The van der Waals surface area contributed by atoms with Gasteiger partial charge in [0.25, 0.3) is 0 Å². The summed E-state index contributed by atoms with van der Waals surface area (Å²) in [6, 6.07) is 0. The minimum atomic E-state index is -2.49. The number of nitrogens with zero attached hydrogens (tertiary/aromatic N) is 2. The van der Waals surface area contributed by atoms with Gasteiger partial charge in [-0.25, -0.2) is 8.78 Å². The maximum absolute atomic E-state index is 13.2. The molecule has 0 aromatic carbocycles. The van der Waals surface area contributed by atoms with E-state index in [0.717, 1.165) is 31.0 Å². The number of aliphatic imine (C=N–C) groups is 1. The molecule has 18 heavy (non-hydrogen) atoms. The van der Waals surface area contributed by atoms with Crippen LogP contribution in [0.25, 0.3) is 0 Å². The van der Waals surface area contributed by atoms with Gasteiger partial charge in [0, 0.05) is 44.0 Å². The largest absolute Gasteiger partial charge is 0.370 e. The maximum atomic E-state index is 13.2. The van der Waals surface area contributed by atoms with Gasteiger partial charge in [-0.15, -0.1) is 0 Å². The number of halogens is 2. The van der Waals surface area contributed by atoms with Crippen molar-refractivity contribution in [2.75, 3.05) is 31.1 Å². The average molecular weight is 277 g/mol. The summed E-state index contributed by atoms with van der Waals surface area (Å²) in [5.74, 6) is 0.167. The quantitative estimate of drug-likeness (QED) is 0.621. The molecule has 1 aliphatic carbocycles. The lowest BCUT2D eigenvalue weighted by Crippen LogP contribution is -2.43. The lowest BCUT2D eigenvalue weighted by atomic mass is 9.87. The lowest BCUT2D eigenvalue weighted by Gasteiger charge is -2.29. The maximum Gasteiger partial charge on any atom is 0.248 e. The van der Waals surface area contributed by atoms with Crippen LogP contribution in [0.1, 0.15) is 25.7 Å². The topological polar surface area (TPSA) is 41.6 Å². The molecule has 0 amide bonds. The first-order valence-corrected chi connectivity index (χ1v) is 7.73. The number of hydrogen-bond acceptors (Lipinski definition) is 2. The average Bonchev–Trinajstić information content (AvgIpc) is 2.36. The highest BCUT2D eigenvalue weighted by molar-refractivity contribution is 7.99. The van der Waals surface area contributed by atoms with Gasteiger partial charge in [-0.2, -0.15) is 11.8 Å². The van der Waals surface area contributed by atoms with Crippen LogP contribution in [0.3, 0.4) is 0 Å². The zero-order valence-corrected chi connectivity index (χ0v) is 11.4. The van der Waals surface area contributed by atoms with E-state index >= 15 is 0 Å². The van der Waals surface area contributed by atoms with Crippen molar-refractivity contribution >= 4 is 17.7 Å². The molecule has 0 aromatic heterocycles. The molecule has 2 fully saturated rings. The summed E-state index contributed by atoms with van der Waals surface area (Å²) >= 11 is 1.91. The molecule has 2 rings (SSSR count). The molecule has 3 nitrogen and oxygen atoms in total. The molecule has 1 saturated carbocycles. The van der Waals surface area contributed by atoms with E-state index in [1.165, 1.54) is 0 Å². The zero-order chi connectivity index (χ0) is 13.0. The fourth-order valence-corrected chi connectivity index (χ4v) is 3.45. The molecule has 1 saturated heterocycles. The Kier molecular flexibility index (Phi) is 4.70. The van der Waals surface area contributed by atoms with Crippen LogP contribution in [0.2, 0.25) is 0 Å². The third-order valence-electron chi connectivity index (χ3n) is 3.59. The third kappa shape index (κ3) is 4.00. The Morgan fingerprint density at radius 3 is 2.78 bits per heavy atom. The Morgan fingerprint density at radius 2 is 2.11 bits per heavy atom. The van der Waals surface area contributed by atoms with Crippen LogP contribution < -0.4 is 5.73 Å². The van der Waals surface area contributed by atoms with E-state index in [2.05, 4.69) is 9.89 Å². The van der Waals surface area contributed by atoms with Crippen molar-refractivity contribution in [3.05, 3.63) is 0 Å². The summed E-state index contributed by atoms with van der Waals surface area (Å²) in [6.45, 7) is 2.28. The van der Waals surface area contributed by atoms with Gasteiger partial charge in [0.1, 0.15) is 0 Å². The fourth-order valence-electron chi connectivity index (χ4n) is 2.55. The predicted molar refractivity (Wildman–Crippen MR) is 72.3 cm³/mol. The SMILES string of the molecule is NC(=NCC1CCCC(F)(F)C1)N1CCSCC1. The molecule has 0 spiro atoms. The second-order valence-corrected chi connectivity index (χ2v) is 6.34. The minimum Gasteiger partial charge on any atom is -0.370 e. The highest BCUT2D eigenvalue weighted by Gasteiger charge is 2.35. The van der Waals surface area contributed by atoms with Crippen LogP contribution in [-0.4, -0.2) is 47.9 Å². The van der Waals surface area contributed by atoms with Gasteiger partial charge in [-0.3, -0.25) is 4.99 Å². The van der Waals surface area contributed by atoms with Gasteiger partial charge in [0.15, 0.2) is 5.96 Å². The molecular formula is C12H21F2N3S. The summed E-state index contributed by atoms with van der Waals surface area (Å²) in [5.41, 5.74) is 5.91. The number of thioether (sulfide) groups is 1. The zero-order valence-electron chi connectivity index (χ0n) is 10.6. The van der Waals surface area contributed by atoms with Crippen LogP contribution in [-0.2, 0) is 0 Å². The number of guanidine groups is 1. The van der Waals surface area contributed by atoms with Crippen molar-refractivity contribution in [2.24, 2.45) is 16.6 Å². The van der Waals surface area contributed by atoms with Crippen molar-refractivity contribution in [1.82, 2.24) is 4.90 Å². The molecule has 1 unspecified atom stereocenters. The molecule has 104 valence electrons. The van der Waals surface area contributed by atoms with Gasteiger partial charge in [0.05, 0.1) is 0 Å². The third-order valence-corrected chi connectivity index (χ3v) is 4.53. The lowest BCUT2D eigenvalue weighted by molar-refractivity contribution is -0.0508. The molecule has 2 aliphatic rings. The Morgan fingerprint density at radius 1 is 1.39 bits per heavy atom. The molecule has 1 heterocycles. The first kappa shape index (κ1) is 13.9. The number of rotatable bonds is 2. The first-order chi connectivity index (χ1) is 8.57. The summed E-state index contributed by atoms with van der Waals surface area (Å²) in [4.78, 5) is 6.37. The van der Waals surface area contributed by atoms with Crippen LogP contribution in [0.4, 0.5) is 8.78 Å². The second kappa shape index (κ2) is 6.08. The summed E-state index contributed by atoms with van der Waals surface area (Å²) < 4.78 is 26.5. The van der Waals surface area contributed by atoms with Crippen LogP contribution in [0, 0.1) is 5.92 Å². The van der Waals surface area contributed by atoms with Crippen molar-refractivity contribution < 1.29 is 8.78 Å². The Hall–Kier alpha value is -0.520. The highest BCUT2D eigenvalue weighted by atomic mass is 32.2. The molecule has 0 aromatic rings. The van der Waals surface area contributed by atoms with Crippen molar-refractivity contribution in [2.45, 2.75) is 31.6 Å². The summed E-state index contributed by atoms with van der Waals surface area (Å²) in [5, 5.41) is 0. The predicted octanol–water partition coefficient (Wildman–Crippen LogP) is 2.18. The standard InChI is InChI=1S/C12H21F2N3S/c13-12(14)3-1-2-10(8-12)9-16-11(15)17-4-6-18-7-5-17/h10H,1-9H2,(H2,15,16). The van der Waals surface area contributed by atoms with E-state index in [1.54, 1.807) is 0 Å². The second-order valence-electron chi connectivity index (χ2n) is 5.12. The van der Waals surface area contributed by atoms with Crippen molar-refractivity contribution in [3.63, 3.8) is 0 Å². The van der Waals surface area contributed by atoms with E-state index in [4.69, 9.17) is 5.73 Å². The molecule has 6 heteroatoms. The van der Waals surface area contributed by atoms with E-state index in [1.807, 2.05) is 11.8 Å². The van der Waals surface area contributed by atoms with Gasteiger partial charge in [-0.1, -0.05) is 0 Å². The molecule has 0 radical (unpaired) electrons. The normalized spacial score (nSPS) is 29.3. The van der Waals surface area contributed by atoms with Crippen LogP contribution in [0.5, 0.6) is 0 Å². The van der Waals surface area contributed by atoms with Gasteiger partial charge in [-0.05, 0) is 18.8 Å². The van der Waals surface area contributed by atoms with Crippen LogP contribution >= 0.6 is 11.8 Å². The summed E-state index contributed by atoms with van der Waals surface area (Å²) in [7, 11) is 0. The van der Waals surface area contributed by atoms with E-state index < -0.39 is 5.92 Å². The number of hydrogen-bond donors (Lipinski definition) is 1. The first-order valence-electron chi connectivity index (χ1n) is 6.57. The Labute approximate surface area is 111 Å². The van der Waals surface area contributed by atoms with E-state index in [9.17, 15) is 8.78 Å². The number of nitrogens with two attached hydrogens (primary N) is 1. The number of alkyl halides is 2.